The minimum atomic E-state index is -0.0756. The van der Waals surface area contributed by atoms with E-state index in [1.54, 1.807) is 18.2 Å². The highest BCUT2D eigenvalue weighted by molar-refractivity contribution is 5.96. The van der Waals surface area contributed by atoms with E-state index in [-0.39, 0.29) is 5.91 Å². The zero-order valence-corrected chi connectivity index (χ0v) is 12.7. The molecular formula is C16H25N3O2. The number of carbonyl (C=O) groups excluding carboxylic acids is 1. The molecule has 0 heterocycles. The van der Waals surface area contributed by atoms with Crippen LogP contribution in [0.2, 0.25) is 0 Å². The average Bonchev–Trinajstić information content (AvgIpc) is 3.28. The predicted octanol–water partition coefficient (Wildman–Crippen LogP) is 2.25. The fourth-order valence-electron chi connectivity index (χ4n) is 2.05. The number of nitrogen functional groups attached to an aromatic ring is 1. The maximum absolute atomic E-state index is 11.8. The van der Waals surface area contributed by atoms with Gasteiger partial charge in [-0.15, -0.1) is 0 Å². The summed E-state index contributed by atoms with van der Waals surface area (Å²) in [6.45, 7) is 4.96. The van der Waals surface area contributed by atoms with E-state index in [2.05, 4.69) is 10.6 Å². The molecule has 1 amide bonds. The molecule has 5 nitrogen and oxygen atoms in total. The largest absolute Gasteiger partial charge is 0.397 e. The first kappa shape index (κ1) is 15.6. The van der Waals surface area contributed by atoms with Crippen molar-refractivity contribution >= 4 is 17.3 Å². The van der Waals surface area contributed by atoms with Crippen molar-refractivity contribution in [2.75, 3.05) is 37.4 Å². The zero-order chi connectivity index (χ0) is 15.1. The first-order valence-corrected chi connectivity index (χ1v) is 7.70. The summed E-state index contributed by atoms with van der Waals surface area (Å²) in [5.74, 6) is 0.732. The Hall–Kier alpha value is -1.75. The number of hydrogen-bond donors (Lipinski definition) is 3. The molecule has 4 N–H and O–H groups in total. The summed E-state index contributed by atoms with van der Waals surface area (Å²) in [5.41, 5.74) is 8.01. The van der Waals surface area contributed by atoms with Crippen LogP contribution in [0.15, 0.2) is 18.2 Å². The van der Waals surface area contributed by atoms with Crippen molar-refractivity contribution in [3.05, 3.63) is 23.8 Å². The van der Waals surface area contributed by atoms with Gasteiger partial charge in [0, 0.05) is 31.9 Å². The Kier molecular flexibility index (Phi) is 5.87. The number of rotatable bonds is 9. The summed E-state index contributed by atoms with van der Waals surface area (Å²) in [5, 5.41) is 6.05. The molecule has 5 heteroatoms. The van der Waals surface area contributed by atoms with E-state index in [1.165, 1.54) is 12.8 Å². The average molecular weight is 291 g/mol. The molecule has 0 atom stereocenters. The third-order valence-corrected chi connectivity index (χ3v) is 3.48. The summed E-state index contributed by atoms with van der Waals surface area (Å²) in [7, 11) is 0. The fraction of sp³-hybridized carbons (Fsp3) is 0.562. The Balaban J connectivity index is 1.75. The minimum absolute atomic E-state index is 0.0756. The number of nitrogens with one attached hydrogen (secondary N) is 2. The lowest BCUT2D eigenvalue weighted by Gasteiger charge is -2.11. The van der Waals surface area contributed by atoms with Crippen molar-refractivity contribution in [2.45, 2.75) is 26.2 Å². The van der Waals surface area contributed by atoms with Gasteiger partial charge in [-0.1, -0.05) is 0 Å². The highest BCUT2D eigenvalue weighted by Crippen LogP contribution is 2.28. The summed E-state index contributed by atoms with van der Waals surface area (Å²) < 4.78 is 5.58. The first-order valence-electron chi connectivity index (χ1n) is 7.70. The van der Waals surface area contributed by atoms with Crippen molar-refractivity contribution in [1.82, 2.24) is 5.32 Å². The number of ether oxygens (including phenoxy) is 1. The molecule has 1 aliphatic rings. The lowest BCUT2D eigenvalue weighted by Crippen LogP contribution is -2.22. The number of amides is 1. The normalized spacial score (nSPS) is 14.0. The van der Waals surface area contributed by atoms with Crippen molar-refractivity contribution in [3.8, 4) is 0 Å². The molecule has 1 aromatic carbocycles. The number of hydrogen-bond acceptors (Lipinski definition) is 4. The maximum atomic E-state index is 11.8. The lowest BCUT2D eigenvalue weighted by atomic mass is 10.1. The van der Waals surface area contributed by atoms with Crippen LogP contribution in [0, 0.1) is 5.92 Å². The molecule has 2 rings (SSSR count). The summed E-state index contributed by atoms with van der Waals surface area (Å²) in [6.07, 6.45) is 3.57. The van der Waals surface area contributed by atoms with E-state index in [1.807, 2.05) is 6.92 Å². The van der Waals surface area contributed by atoms with Gasteiger partial charge in [0.05, 0.1) is 11.4 Å². The quantitative estimate of drug-likeness (QED) is 0.482. The van der Waals surface area contributed by atoms with E-state index in [0.717, 1.165) is 37.8 Å². The second kappa shape index (κ2) is 7.88. The SMILES string of the molecule is CCNC(=O)c1ccc(N)c(NCCCOCC2CC2)c1. The van der Waals surface area contributed by atoms with E-state index in [0.29, 0.717) is 17.8 Å². The van der Waals surface area contributed by atoms with Gasteiger partial charge >= 0.3 is 0 Å². The summed E-state index contributed by atoms with van der Waals surface area (Å²) in [4.78, 5) is 11.8. The number of benzene rings is 1. The summed E-state index contributed by atoms with van der Waals surface area (Å²) in [6, 6.07) is 5.30. The van der Waals surface area contributed by atoms with Crippen LogP contribution < -0.4 is 16.4 Å². The molecule has 0 radical (unpaired) electrons. The highest BCUT2D eigenvalue weighted by Gasteiger charge is 2.20. The van der Waals surface area contributed by atoms with Gasteiger partial charge in [-0.3, -0.25) is 4.79 Å². The van der Waals surface area contributed by atoms with Gasteiger partial charge in [0.1, 0.15) is 0 Å². The van der Waals surface area contributed by atoms with Crippen LogP contribution >= 0.6 is 0 Å². The van der Waals surface area contributed by atoms with Crippen LogP contribution in [0.3, 0.4) is 0 Å². The van der Waals surface area contributed by atoms with Gasteiger partial charge in [0.2, 0.25) is 0 Å². The number of carbonyl (C=O) groups is 1. The molecule has 1 fully saturated rings. The fourth-order valence-corrected chi connectivity index (χ4v) is 2.05. The lowest BCUT2D eigenvalue weighted by molar-refractivity contribution is 0.0956. The topological polar surface area (TPSA) is 76.4 Å². The maximum Gasteiger partial charge on any atom is 0.251 e. The second-order valence-corrected chi connectivity index (χ2v) is 5.46. The standard InChI is InChI=1S/C16H25N3O2/c1-2-18-16(20)13-6-7-14(17)15(10-13)19-8-3-9-21-11-12-4-5-12/h6-7,10,12,19H,2-5,8-9,11,17H2,1H3,(H,18,20). The molecule has 1 aromatic rings. The molecule has 0 aromatic heterocycles. The first-order chi connectivity index (χ1) is 10.2. The van der Waals surface area contributed by atoms with Gasteiger partial charge in [-0.2, -0.15) is 0 Å². The Bertz CT molecular complexity index is 473. The van der Waals surface area contributed by atoms with Crippen molar-refractivity contribution in [2.24, 2.45) is 5.92 Å². The van der Waals surface area contributed by atoms with E-state index in [9.17, 15) is 4.79 Å². The monoisotopic (exact) mass is 291 g/mol. The van der Waals surface area contributed by atoms with Crippen molar-refractivity contribution < 1.29 is 9.53 Å². The summed E-state index contributed by atoms with van der Waals surface area (Å²) >= 11 is 0. The van der Waals surface area contributed by atoms with E-state index >= 15 is 0 Å². The van der Waals surface area contributed by atoms with Gasteiger partial charge in [0.25, 0.3) is 5.91 Å². The molecule has 1 saturated carbocycles. The third kappa shape index (κ3) is 5.27. The van der Waals surface area contributed by atoms with Crippen LogP contribution in [0.25, 0.3) is 0 Å². The zero-order valence-electron chi connectivity index (χ0n) is 12.7. The minimum Gasteiger partial charge on any atom is -0.397 e. The van der Waals surface area contributed by atoms with Crippen LogP contribution in [-0.2, 0) is 4.74 Å². The Morgan fingerprint density at radius 3 is 2.95 bits per heavy atom. The van der Waals surface area contributed by atoms with Crippen molar-refractivity contribution in [1.29, 1.82) is 0 Å². The molecular weight excluding hydrogens is 266 g/mol. The smallest absolute Gasteiger partial charge is 0.251 e. The van der Waals surface area contributed by atoms with Crippen molar-refractivity contribution in [3.63, 3.8) is 0 Å². The molecule has 1 aliphatic carbocycles. The van der Waals surface area contributed by atoms with Gasteiger partial charge < -0.3 is 21.1 Å². The van der Waals surface area contributed by atoms with E-state index < -0.39 is 0 Å². The molecule has 21 heavy (non-hydrogen) atoms. The Morgan fingerprint density at radius 1 is 1.43 bits per heavy atom. The molecule has 116 valence electrons. The van der Waals surface area contributed by atoms with Crippen LogP contribution in [0.4, 0.5) is 11.4 Å². The second-order valence-electron chi connectivity index (χ2n) is 5.46. The molecule has 0 spiro atoms. The van der Waals surface area contributed by atoms with Gasteiger partial charge in [-0.05, 0) is 50.3 Å². The molecule has 0 unspecified atom stereocenters. The predicted molar refractivity (Wildman–Crippen MR) is 85.5 cm³/mol. The van der Waals surface area contributed by atoms with Crippen LogP contribution in [0.1, 0.15) is 36.5 Å². The molecule has 0 saturated heterocycles. The Labute approximate surface area is 126 Å². The van der Waals surface area contributed by atoms with Gasteiger partial charge in [-0.25, -0.2) is 0 Å². The van der Waals surface area contributed by atoms with Crippen LogP contribution in [0.5, 0.6) is 0 Å². The van der Waals surface area contributed by atoms with E-state index in [4.69, 9.17) is 10.5 Å². The molecule has 0 aliphatic heterocycles. The molecule has 0 bridgehead atoms. The van der Waals surface area contributed by atoms with Crippen LogP contribution in [-0.4, -0.2) is 32.2 Å². The number of anilines is 2. The number of nitrogens with two attached hydrogens (primary N) is 1. The highest BCUT2D eigenvalue weighted by atomic mass is 16.5. The Morgan fingerprint density at radius 2 is 2.24 bits per heavy atom. The van der Waals surface area contributed by atoms with Gasteiger partial charge in [0.15, 0.2) is 0 Å². The third-order valence-electron chi connectivity index (χ3n) is 3.48.